The molecule has 3 nitrogen and oxygen atoms in total. The predicted octanol–water partition coefficient (Wildman–Crippen LogP) is 2.61. The monoisotopic (exact) mass is 259 g/mol. The van der Waals surface area contributed by atoms with E-state index in [0.717, 1.165) is 24.9 Å². The van der Waals surface area contributed by atoms with Gasteiger partial charge < -0.3 is 10.0 Å². The van der Waals surface area contributed by atoms with Crippen molar-refractivity contribution in [3.05, 3.63) is 35.4 Å². The summed E-state index contributed by atoms with van der Waals surface area (Å²) in [5.74, 6) is -0.0644. The highest BCUT2D eigenvalue weighted by molar-refractivity contribution is 5.84. The lowest BCUT2D eigenvalue weighted by Crippen LogP contribution is -2.30. The second-order valence-corrected chi connectivity index (χ2v) is 6.11. The molecule has 1 aliphatic carbocycles. The SMILES string of the molecule is CN1CCCC(c2ccc(C3(C(=O)O)CC3)cc2)C1. The summed E-state index contributed by atoms with van der Waals surface area (Å²) in [5.41, 5.74) is 1.77. The van der Waals surface area contributed by atoms with Crippen LogP contribution in [0.3, 0.4) is 0 Å². The number of carboxylic acid groups (broad SMARTS) is 1. The van der Waals surface area contributed by atoms with E-state index in [1.54, 1.807) is 0 Å². The van der Waals surface area contributed by atoms with Crippen molar-refractivity contribution in [3.63, 3.8) is 0 Å². The summed E-state index contributed by atoms with van der Waals surface area (Å²) in [4.78, 5) is 13.7. The molecule has 1 aromatic rings. The highest BCUT2D eigenvalue weighted by Gasteiger charge is 2.51. The Bertz CT molecular complexity index is 476. The largest absolute Gasteiger partial charge is 0.481 e. The molecule has 19 heavy (non-hydrogen) atoms. The average Bonchev–Trinajstić information content (AvgIpc) is 3.20. The summed E-state index contributed by atoms with van der Waals surface area (Å²) >= 11 is 0. The molecule has 0 amide bonds. The first kappa shape index (κ1) is 12.7. The normalized spacial score (nSPS) is 26.1. The summed E-state index contributed by atoms with van der Waals surface area (Å²) in [7, 11) is 2.17. The zero-order valence-corrected chi connectivity index (χ0v) is 11.4. The molecule has 3 rings (SSSR count). The Hall–Kier alpha value is -1.35. The van der Waals surface area contributed by atoms with Gasteiger partial charge >= 0.3 is 5.97 Å². The molecule has 3 heteroatoms. The standard InChI is InChI=1S/C16H21NO2/c1-17-10-2-3-13(11-17)12-4-6-14(7-5-12)16(8-9-16)15(18)19/h4-7,13H,2-3,8-11H2,1H3,(H,18,19). The third kappa shape index (κ3) is 2.27. The van der Waals surface area contributed by atoms with Crippen LogP contribution in [0.2, 0.25) is 0 Å². The molecule has 2 fully saturated rings. The van der Waals surface area contributed by atoms with Crippen LogP contribution in [0.25, 0.3) is 0 Å². The second kappa shape index (κ2) is 4.64. The van der Waals surface area contributed by atoms with Crippen LogP contribution in [-0.4, -0.2) is 36.1 Å². The number of nitrogens with zero attached hydrogens (tertiary/aromatic N) is 1. The molecule has 1 unspecified atom stereocenters. The molecule has 1 heterocycles. The van der Waals surface area contributed by atoms with Crippen molar-refractivity contribution in [1.29, 1.82) is 0 Å². The minimum atomic E-state index is -0.669. The highest BCUT2D eigenvalue weighted by atomic mass is 16.4. The minimum absolute atomic E-state index is 0.568. The number of likely N-dealkylation sites (tertiary alicyclic amines) is 1. The number of rotatable bonds is 3. The van der Waals surface area contributed by atoms with Gasteiger partial charge in [0, 0.05) is 6.54 Å². The number of carbonyl (C=O) groups is 1. The first-order valence-electron chi connectivity index (χ1n) is 7.14. The van der Waals surface area contributed by atoms with Crippen LogP contribution in [-0.2, 0) is 10.2 Å². The molecular formula is C16H21NO2. The number of hydrogen-bond donors (Lipinski definition) is 1. The maximum atomic E-state index is 11.3. The third-order valence-electron chi connectivity index (χ3n) is 4.72. The van der Waals surface area contributed by atoms with Crippen LogP contribution >= 0.6 is 0 Å². The van der Waals surface area contributed by atoms with Crippen molar-refractivity contribution in [1.82, 2.24) is 4.90 Å². The number of piperidine rings is 1. The van der Waals surface area contributed by atoms with Gasteiger partial charge in [-0.25, -0.2) is 0 Å². The lowest BCUT2D eigenvalue weighted by Gasteiger charge is -2.30. The van der Waals surface area contributed by atoms with E-state index in [-0.39, 0.29) is 0 Å². The third-order valence-corrected chi connectivity index (χ3v) is 4.72. The molecule has 1 saturated heterocycles. The second-order valence-electron chi connectivity index (χ2n) is 6.11. The van der Waals surface area contributed by atoms with Gasteiger partial charge in [0.15, 0.2) is 0 Å². The summed E-state index contributed by atoms with van der Waals surface area (Å²) in [6.07, 6.45) is 4.07. The first-order valence-corrected chi connectivity index (χ1v) is 7.14. The number of likely N-dealkylation sites (N-methyl/N-ethyl adjacent to an activating group) is 1. The van der Waals surface area contributed by atoms with Crippen LogP contribution < -0.4 is 0 Å². The fraction of sp³-hybridized carbons (Fsp3) is 0.562. The molecule has 1 aromatic carbocycles. The molecule has 0 spiro atoms. The smallest absolute Gasteiger partial charge is 0.314 e. The van der Waals surface area contributed by atoms with Gasteiger partial charge in [-0.2, -0.15) is 0 Å². The molecule has 0 bridgehead atoms. The Morgan fingerprint density at radius 2 is 2.00 bits per heavy atom. The molecular weight excluding hydrogens is 238 g/mol. The molecule has 102 valence electrons. The quantitative estimate of drug-likeness (QED) is 0.907. The molecule has 1 aliphatic heterocycles. The van der Waals surface area contributed by atoms with Crippen molar-refractivity contribution in [3.8, 4) is 0 Å². The average molecular weight is 259 g/mol. The van der Waals surface area contributed by atoms with E-state index in [0.29, 0.717) is 5.92 Å². The maximum Gasteiger partial charge on any atom is 0.314 e. The van der Waals surface area contributed by atoms with E-state index >= 15 is 0 Å². The van der Waals surface area contributed by atoms with Gasteiger partial charge in [-0.05, 0) is 56.3 Å². The van der Waals surface area contributed by atoms with Crippen LogP contribution in [0.15, 0.2) is 24.3 Å². The van der Waals surface area contributed by atoms with E-state index in [9.17, 15) is 9.90 Å². The Labute approximate surface area is 114 Å². The van der Waals surface area contributed by atoms with Gasteiger partial charge in [0.1, 0.15) is 0 Å². The van der Waals surface area contributed by atoms with Gasteiger partial charge in [0.25, 0.3) is 0 Å². The molecule has 0 radical (unpaired) electrons. The van der Waals surface area contributed by atoms with E-state index in [1.807, 2.05) is 12.1 Å². The van der Waals surface area contributed by atoms with E-state index in [4.69, 9.17) is 0 Å². The molecule has 1 saturated carbocycles. The highest BCUT2D eigenvalue weighted by Crippen LogP contribution is 2.48. The fourth-order valence-electron chi connectivity index (χ4n) is 3.26. The van der Waals surface area contributed by atoms with Crippen LogP contribution in [0.5, 0.6) is 0 Å². The van der Waals surface area contributed by atoms with Gasteiger partial charge in [-0.3, -0.25) is 4.79 Å². The van der Waals surface area contributed by atoms with Gasteiger partial charge in [-0.15, -0.1) is 0 Å². The van der Waals surface area contributed by atoms with Gasteiger partial charge in [-0.1, -0.05) is 24.3 Å². The first-order chi connectivity index (χ1) is 9.12. The van der Waals surface area contributed by atoms with Crippen LogP contribution in [0.4, 0.5) is 0 Å². The van der Waals surface area contributed by atoms with Crippen LogP contribution in [0, 0.1) is 0 Å². The number of hydrogen-bond acceptors (Lipinski definition) is 2. The molecule has 1 N–H and O–H groups in total. The number of carboxylic acids is 1. The zero-order chi connectivity index (χ0) is 13.5. The van der Waals surface area contributed by atoms with Crippen molar-refractivity contribution in [2.75, 3.05) is 20.1 Å². The Morgan fingerprint density at radius 3 is 2.53 bits per heavy atom. The molecule has 1 atom stereocenters. The van der Waals surface area contributed by atoms with Crippen molar-refractivity contribution in [2.45, 2.75) is 37.0 Å². The lowest BCUT2D eigenvalue weighted by molar-refractivity contribution is -0.140. The molecule has 0 aromatic heterocycles. The minimum Gasteiger partial charge on any atom is -0.481 e. The summed E-state index contributed by atoms with van der Waals surface area (Å²) in [6.45, 7) is 2.31. The van der Waals surface area contributed by atoms with E-state index in [2.05, 4.69) is 24.1 Å². The van der Waals surface area contributed by atoms with Crippen LogP contribution in [0.1, 0.15) is 42.7 Å². The summed E-state index contributed by atoms with van der Waals surface area (Å²) < 4.78 is 0. The predicted molar refractivity (Wildman–Crippen MR) is 74.5 cm³/mol. The lowest BCUT2D eigenvalue weighted by atomic mass is 9.88. The Kier molecular flexibility index (Phi) is 3.09. The van der Waals surface area contributed by atoms with E-state index in [1.165, 1.54) is 24.9 Å². The fourth-order valence-corrected chi connectivity index (χ4v) is 3.26. The molecule has 2 aliphatic rings. The van der Waals surface area contributed by atoms with Crippen molar-refractivity contribution >= 4 is 5.97 Å². The topological polar surface area (TPSA) is 40.5 Å². The van der Waals surface area contributed by atoms with E-state index < -0.39 is 11.4 Å². The zero-order valence-electron chi connectivity index (χ0n) is 11.4. The van der Waals surface area contributed by atoms with Crippen molar-refractivity contribution < 1.29 is 9.90 Å². The number of benzene rings is 1. The van der Waals surface area contributed by atoms with Crippen molar-refractivity contribution in [2.24, 2.45) is 0 Å². The van der Waals surface area contributed by atoms with Gasteiger partial charge in [0.2, 0.25) is 0 Å². The van der Waals surface area contributed by atoms with Gasteiger partial charge in [0.05, 0.1) is 5.41 Å². The Morgan fingerprint density at radius 1 is 1.32 bits per heavy atom. The maximum absolute atomic E-state index is 11.3. The Balaban J connectivity index is 1.78. The summed E-state index contributed by atoms with van der Waals surface area (Å²) in [6, 6.07) is 8.35. The number of aliphatic carboxylic acids is 1. The summed E-state index contributed by atoms with van der Waals surface area (Å²) in [5, 5.41) is 9.30.